The lowest BCUT2D eigenvalue weighted by Crippen LogP contribution is -2.19. The van der Waals surface area contributed by atoms with E-state index in [0.29, 0.717) is 18.4 Å². The number of hydrogen-bond donors (Lipinski definition) is 1. The maximum Gasteiger partial charge on any atom is 0.243 e. The molecule has 1 fully saturated rings. The molecule has 21 heavy (non-hydrogen) atoms. The monoisotopic (exact) mass is 290 g/mol. The van der Waals surface area contributed by atoms with Crippen molar-refractivity contribution in [2.45, 2.75) is 65.0 Å². The molecule has 6 nitrogen and oxygen atoms in total. The highest BCUT2D eigenvalue weighted by atomic mass is 16.5. The van der Waals surface area contributed by atoms with Gasteiger partial charge in [-0.1, -0.05) is 23.2 Å². The standard InChI is InChI=1S/C15H22N4O2/c1-9-13(11(3)20-18-9)8-16-10(2)15-17-14(19-21-15)12-6-4-5-7-12/h10,12,16H,4-8H2,1-3H3. The van der Waals surface area contributed by atoms with Gasteiger partial charge in [-0.2, -0.15) is 4.98 Å². The second-order valence-corrected chi connectivity index (χ2v) is 5.88. The van der Waals surface area contributed by atoms with Crippen molar-refractivity contribution in [3.8, 4) is 0 Å². The molecule has 0 spiro atoms. The van der Waals surface area contributed by atoms with Gasteiger partial charge in [0.05, 0.1) is 11.7 Å². The van der Waals surface area contributed by atoms with Crippen LogP contribution in [-0.2, 0) is 6.54 Å². The molecule has 2 aromatic heterocycles. The van der Waals surface area contributed by atoms with E-state index >= 15 is 0 Å². The highest BCUT2D eigenvalue weighted by Crippen LogP contribution is 2.32. The summed E-state index contributed by atoms with van der Waals surface area (Å²) in [4.78, 5) is 4.56. The maximum atomic E-state index is 5.41. The van der Waals surface area contributed by atoms with Gasteiger partial charge >= 0.3 is 0 Å². The molecule has 1 atom stereocenters. The summed E-state index contributed by atoms with van der Waals surface area (Å²) >= 11 is 0. The van der Waals surface area contributed by atoms with Gasteiger partial charge in [0.1, 0.15) is 5.76 Å². The van der Waals surface area contributed by atoms with Crippen LogP contribution in [0.25, 0.3) is 0 Å². The van der Waals surface area contributed by atoms with Crippen molar-refractivity contribution in [3.63, 3.8) is 0 Å². The van der Waals surface area contributed by atoms with E-state index < -0.39 is 0 Å². The zero-order chi connectivity index (χ0) is 14.8. The number of aryl methyl sites for hydroxylation is 2. The molecule has 114 valence electrons. The third kappa shape index (κ3) is 3.00. The van der Waals surface area contributed by atoms with Crippen LogP contribution in [0.1, 0.15) is 73.3 Å². The van der Waals surface area contributed by atoms with Gasteiger partial charge in [-0.05, 0) is 33.6 Å². The van der Waals surface area contributed by atoms with E-state index in [0.717, 1.165) is 22.8 Å². The van der Waals surface area contributed by atoms with Crippen molar-refractivity contribution in [1.82, 2.24) is 20.6 Å². The van der Waals surface area contributed by atoms with E-state index in [9.17, 15) is 0 Å². The van der Waals surface area contributed by atoms with E-state index in [4.69, 9.17) is 9.05 Å². The lowest BCUT2D eigenvalue weighted by Gasteiger charge is -2.09. The minimum Gasteiger partial charge on any atom is -0.361 e. The normalized spacial score (nSPS) is 17.5. The molecule has 1 aliphatic rings. The van der Waals surface area contributed by atoms with Crippen molar-refractivity contribution in [2.24, 2.45) is 0 Å². The zero-order valence-electron chi connectivity index (χ0n) is 12.8. The van der Waals surface area contributed by atoms with E-state index in [1.807, 2.05) is 20.8 Å². The molecule has 0 bridgehead atoms. The van der Waals surface area contributed by atoms with Gasteiger partial charge in [-0.3, -0.25) is 0 Å². The Bertz CT molecular complexity index is 579. The molecule has 6 heteroatoms. The molecule has 0 radical (unpaired) electrons. The van der Waals surface area contributed by atoms with Gasteiger partial charge < -0.3 is 14.4 Å². The van der Waals surface area contributed by atoms with E-state index in [2.05, 4.69) is 20.6 Å². The number of rotatable bonds is 5. The highest BCUT2D eigenvalue weighted by Gasteiger charge is 2.24. The Morgan fingerprint density at radius 3 is 2.62 bits per heavy atom. The van der Waals surface area contributed by atoms with Gasteiger partial charge in [-0.15, -0.1) is 0 Å². The first-order chi connectivity index (χ1) is 10.1. The summed E-state index contributed by atoms with van der Waals surface area (Å²) < 4.78 is 10.6. The minimum absolute atomic E-state index is 0.0151. The molecular formula is C15H22N4O2. The summed E-state index contributed by atoms with van der Waals surface area (Å²) in [5.41, 5.74) is 2.02. The first-order valence-electron chi connectivity index (χ1n) is 7.63. The summed E-state index contributed by atoms with van der Waals surface area (Å²) in [6.07, 6.45) is 4.91. The van der Waals surface area contributed by atoms with Crippen LogP contribution in [0, 0.1) is 13.8 Å². The summed E-state index contributed by atoms with van der Waals surface area (Å²) in [5.74, 6) is 2.86. The molecule has 1 unspecified atom stereocenters. The maximum absolute atomic E-state index is 5.41. The van der Waals surface area contributed by atoms with Crippen molar-refractivity contribution in [1.29, 1.82) is 0 Å². The lowest BCUT2D eigenvalue weighted by atomic mass is 10.1. The van der Waals surface area contributed by atoms with E-state index in [1.165, 1.54) is 25.7 Å². The van der Waals surface area contributed by atoms with Crippen molar-refractivity contribution in [3.05, 3.63) is 28.7 Å². The van der Waals surface area contributed by atoms with Crippen LogP contribution < -0.4 is 5.32 Å². The van der Waals surface area contributed by atoms with E-state index in [1.54, 1.807) is 0 Å². The molecule has 1 N–H and O–H groups in total. The fourth-order valence-corrected chi connectivity index (χ4v) is 2.87. The number of nitrogens with zero attached hydrogens (tertiary/aromatic N) is 3. The molecule has 1 aliphatic carbocycles. The Balaban J connectivity index is 1.61. The second kappa shape index (κ2) is 5.97. The molecule has 3 rings (SSSR count). The summed E-state index contributed by atoms with van der Waals surface area (Å²) in [5, 5.41) is 11.5. The molecular weight excluding hydrogens is 268 g/mol. The number of hydrogen-bond acceptors (Lipinski definition) is 6. The van der Waals surface area contributed by atoms with Gasteiger partial charge in [0.2, 0.25) is 5.89 Å². The van der Waals surface area contributed by atoms with E-state index in [-0.39, 0.29) is 6.04 Å². The SMILES string of the molecule is Cc1noc(C)c1CNC(C)c1nc(C2CCCC2)no1. The molecule has 0 aliphatic heterocycles. The van der Waals surface area contributed by atoms with Gasteiger partial charge in [-0.25, -0.2) is 0 Å². The van der Waals surface area contributed by atoms with Gasteiger partial charge in [0.15, 0.2) is 5.82 Å². The molecule has 0 amide bonds. The number of aromatic nitrogens is 3. The van der Waals surface area contributed by atoms with Crippen LogP contribution >= 0.6 is 0 Å². The minimum atomic E-state index is 0.0151. The zero-order valence-corrected chi connectivity index (χ0v) is 12.8. The van der Waals surface area contributed by atoms with Crippen molar-refractivity contribution >= 4 is 0 Å². The Kier molecular flexibility index (Phi) is 4.05. The third-order valence-corrected chi connectivity index (χ3v) is 4.31. The first kappa shape index (κ1) is 14.3. The average molecular weight is 290 g/mol. The van der Waals surface area contributed by atoms with Crippen LogP contribution in [0.2, 0.25) is 0 Å². The number of nitrogens with one attached hydrogen (secondary N) is 1. The molecule has 2 aromatic rings. The fraction of sp³-hybridized carbons (Fsp3) is 0.667. The Morgan fingerprint density at radius 2 is 1.95 bits per heavy atom. The van der Waals surface area contributed by atoms with Crippen LogP contribution in [0.5, 0.6) is 0 Å². The molecule has 2 heterocycles. The van der Waals surface area contributed by atoms with Gasteiger partial charge in [0, 0.05) is 18.0 Å². The van der Waals surface area contributed by atoms with Crippen molar-refractivity contribution < 1.29 is 9.05 Å². The lowest BCUT2D eigenvalue weighted by molar-refractivity contribution is 0.333. The fourth-order valence-electron chi connectivity index (χ4n) is 2.87. The van der Waals surface area contributed by atoms with Crippen LogP contribution in [0.4, 0.5) is 0 Å². The largest absolute Gasteiger partial charge is 0.361 e. The average Bonchev–Trinajstić information content (AvgIpc) is 3.18. The predicted molar refractivity (Wildman–Crippen MR) is 76.7 cm³/mol. The van der Waals surface area contributed by atoms with Crippen molar-refractivity contribution in [2.75, 3.05) is 0 Å². The Morgan fingerprint density at radius 1 is 1.19 bits per heavy atom. The quantitative estimate of drug-likeness (QED) is 0.911. The highest BCUT2D eigenvalue weighted by molar-refractivity contribution is 5.20. The third-order valence-electron chi connectivity index (χ3n) is 4.31. The smallest absolute Gasteiger partial charge is 0.243 e. The summed E-state index contributed by atoms with van der Waals surface area (Å²) in [6.45, 7) is 6.59. The first-order valence-corrected chi connectivity index (χ1v) is 7.63. The molecule has 0 aromatic carbocycles. The van der Waals surface area contributed by atoms with Crippen LogP contribution in [-0.4, -0.2) is 15.3 Å². The Labute approximate surface area is 124 Å². The predicted octanol–water partition coefficient (Wildman–Crippen LogP) is 3.18. The molecule has 0 saturated heterocycles. The topological polar surface area (TPSA) is 77.0 Å². The summed E-state index contributed by atoms with van der Waals surface area (Å²) in [6, 6.07) is 0.0151. The van der Waals surface area contributed by atoms with Gasteiger partial charge in [0.25, 0.3) is 0 Å². The Hall–Kier alpha value is -1.69. The second-order valence-electron chi connectivity index (χ2n) is 5.88. The van der Waals surface area contributed by atoms with Crippen LogP contribution in [0.15, 0.2) is 9.05 Å². The van der Waals surface area contributed by atoms with Crippen LogP contribution in [0.3, 0.4) is 0 Å². The summed E-state index contributed by atoms with van der Waals surface area (Å²) in [7, 11) is 0. The molecule has 1 saturated carbocycles.